The Morgan fingerprint density at radius 2 is 1.88 bits per heavy atom. The Morgan fingerprint density at radius 3 is 2.38 bits per heavy atom. The largest absolute Gasteiger partial charge is 0.573 e. The fraction of sp³-hybridized carbons (Fsp3) is 0.364. The molecule has 0 N–H and O–H groups in total. The van der Waals surface area contributed by atoms with Crippen LogP contribution in [0.15, 0.2) is 18.2 Å². The van der Waals surface area contributed by atoms with Crippen molar-refractivity contribution in [3.63, 3.8) is 0 Å². The van der Waals surface area contributed by atoms with Crippen molar-refractivity contribution in [1.82, 2.24) is 0 Å². The van der Waals surface area contributed by atoms with Gasteiger partial charge in [-0.15, -0.1) is 13.2 Å². The van der Waals surface area contributed by atoms with Gasteiger partial charge in [-0.2, -0.15) is 0 Å². The minimum atomic E-state index is -4.75. The minimum Gasteiger partial charge on any atom is -0.487 e. The summed E-state index contributed by atoms with van der Waals surface area (Å²) in [7, 11) is 0. The lowest BCUT2D eigenvalue weighted by atomic mass is 10.2. The monoisotopic (exact) mass is 233 g/mol. The molecule has 2 nitrogen and oxygen atoms in total. The van der Waals surface area contributed by atoms with Crippen molar-refractivity contribution < 1.29 is 22.6 Å². The van der Waals surface area contributed by atoms with E-state index in [1.807, 2.05) is 0 Å². The van der Waals surface area contributed by atoms with Crippen LogP contribution in [0.5, 0.6) is 11.5 Å². The molecule has 1 rings (SSSR count). The molecule has 16 heavy (non-hydrogen) atoms. The molecule has 1 aromatic carbocycles. The van der Waals surface area contributed by atoms with Crippen LogP contribution in [0.25, 0.3) is 0 Å². The number of para-hydroxylation sites is 1. The molecule has 0 aliphatic carbocycles. The van der Waals surface area contributed by atoms with Crippen molar-refractivity contribution in [3.05, 3.63) is 30.7 Å². The number of hydrogen-bond donors (Lipinski definition) is 0. The van der Waals surface area contributed by atoms with Gasteiger partial charge in [-0.3, -0.25) is 0 Å². The van der Waals surface area contributed by atoms with Crippen LogP contribution >= 0.6 is 0 Å². The zero-order chi connectivity index (χ0) is 12.3. The normalized spacial score (nSPS) is 11.7. The highest BCUT2D eigenvalue weighted by Crippen LogP contribution is 2.35. The second-order valence-electron chi connectivity index (χ2n) is 3.46. The van der Waals surface area contributed by atoms with E-state index in [-0.39, 0.29) is 23.2 Å². The van der Waals surface area contributed by atoms with Crippen molar-refractivity contribution in [1.29, 1.82) is 0 Å². The molecule has 1 radical (unpaired) electrons. The van der Waals surface area contributed by atoms with Crippen LogP contribution in [0.2, 0.25) is 0 Å². The maximum Gasteiger partial charge on any atom is 0.573 e. The first-order valence-electron chi connectivity index (χ1n) is 4.67. The smallest absolute Gasteiger partial charge is 0.487 e. The highest BCUT2D eigenvalue weighted by atomic mass is 19.4. The van der Waals surface area contributed by atoms with Gasteiger partial charge in [0.1, 0.15) is 0 Å². The summed E-state index contributed by atoms with van der Waals surface area (Å²) in [5.41, 5.74) is 0.135. The Morgan fingerprint density at radius 1 is 1.25 bits per heavy atom. The average molecular weight is 233 g/mol. The molecule has 0 atom stereocenters. The van der Waals surface area contributed by atoms with Crippen molar-refractivity contribution in [2.45, 2.75) is 26.3 Å². The Bertz CT molecular complexity index is 359. The van der Waals surface area contributed by atoms with E-state index in [1.165, 1.54) is 12.1 Å². The van der Waals surface area contributed by atoms with Gasteiger partial charge in [-0.1, -0.05) is 12.1 Å². The predicted molar refractivity (Wildman–Crippen MR) is 53.3 cm³/mol. The van der Waals surface area contributed by atoms with Crippen LogP contribution in [0.4, 0.5) is 13.2 Å². The quantitative estimate of drug-likeness (QED) is 0.794. The van der Waals surface area contributed by atoms with E-state index in [9.17, 15) is 13.2 Å². The zero-order valence-electron chi connectivity index (χ0n) is 8.97. The minimum absolute atomic E-state index is 0.0415. The van der Waals surface area contributed by atoms with Crippen molar-refractivity contribution in [2.75, 3.05) is 0 Å². The molecule has 0 aliphatic heterocycles. The molecule has 0 fully saturated rings. The Kier molecular flexibility index (Phi) is 3.67. The maximum absolute atomic E-state index is 12.1. The molecule has 0 unspecified atom stereocenters. The van der Waals surface area contributed by atoms with Gasteiger partial charge in [0, 0.05) is 0 Å². The molecule has 0 amide bonds. The Labute approximate surface area is 92.0 Å². The second-order valence-corrected chi connectivity index (χ2v) is 3.46. The first-order valence-corrected chi connectivity index (χ1v) is 4.67. The number of hydrogen-bond acceptors (Lipinski definition) is 2. The predicted octanol–water partition coefficient (Wildman–Crippen LogP) is 3.55. The fourth-order valence-electron chi connectivity index (χ4n) is 1.14. The van der Waals surface area contributed by atoms with Gasteiger partial charge in [0.15, 0.2) is 11.5 Å². The summed E-state index contributed by atoms with van der Waals surface area (Å²) in [5, 5.41) is 0. The summed E-state index contributed by atoms with van der Waals surface area (Å²) in [5.74, 6) is -0.344. The second kappa shape index (κ2) is 4.63. The van der Waals surface area contributed by atoms with Gasteiger partial charge in [0.2, 0.25) is 0 Å². The molecule has 0 saturated heterocycles. The third kappa shape index (κ3) is 3.64. The first kappa shape index (κ1) is 12.7. The standard InChI is InChI=1S/C11H12F3O2/c1-7(2)15-9-6-4-5-8(3)10(9)16-11(12,13)14/h4-7H,3H2,1-2H3. The number of alkyl halides is 3. The molecular formula is C11H12F3O2. The van der Waals surface area contributed by atoms with Crippen LogP contribution in [0.3, 0.4) is 0 Å². The molecule has 0 aromatic heterocycles. The third-order valence-electron chi connectivity index (χ3n) is 1.64. The molecule has 0 spiro atoms. The summed E-state index contributed by atoms with van der Waals surface area (Å²) in [4.78, 5) is 0. The van der Waals surface area contributed by atoms with Crippen molar-refractivity contribution in [3.8, 4) is 11.5 Å². The van der Waals surface area contributed by atoms with Gasteiger partial charge in [0.25, 0.3) is 0 Å². The van der Waals surface area contributed by atoms with Crippen LogP contribution in [-0.4, -0.2) is 12.5 Å². The third-order valence-corrected chi connectivity index (χ3v) is 1.64. The molecule has 89 valence electrons. The maximum atomic E-state index is 12.1. The summed E-state index contributed by atoms with van der Waals surface area (Å²) >= 11 is 0. The first-order chi connectivity index (χ1) is 7.29. The van der Waals surface area contributed by atoms with Crippen LogP contribution in [0.1, 0.15) is 19.4 Å². The molecule has 1 aromatic rings. The van der Waals surface area contributed by atoms with E-state index in [1.54, 1.807) is 19.9 Å². The van der Waals surface area contributed by atoms with E-state index in [0.29, 0.717) is 0 Å². The number of benzene rings is 1. The Hall–Kier alpha value is -1.39. The van der Waals surface area contributed by atoms with Gasteiger partial charge < -0.3 is 9.47 Å². The SMILES string of the molecule is [CH2]c1cccc(OC(C)C)c1OC(F)(F)F. The lowest BCUT2D eigenvalue weighted by molar-refractivity contribution is -0.275. The molecule has 0 heterocycles. The summed E-state index contributed by atoms with van der Waals surface area (Å²) in [6.45, 7) is 6.90. The Balaban J connectivity index is 3.03. The van der Waals surface area contributed by atoms with Crippen LogP contribution < -0.4 is 9.47 Å². The number of ether oxygens (including phenoxy) is 2. The topological polar surface area (TPSA) is 18.5 Å². The summed E-state index contributed by atoms with van der Waals surface area (Å²) < 4.78 is 45.5. The molecular weight excluding hydrogens is 221 g/mol. The van der Waals surface area contributed by atoms with Gasteiger partial charge in [-0.25, -0.2) is 0 Å². The highest BCUT2D eigenvalue weighted by Gasteiger charge is 2.33. The van der Waals surface area contributed by atoms with Crippen molar-refractivity contribution >= 4 is 0 Å². The molecule has 0 bridgehead atoms. The lowest BCUT2D eigenvalue weighted by Crippen LogP contribution is -2.19. The van der Waals surface area contributed by atoms with Crippen molar-refractivity contribution in [2.24, 2.45) is 0 Å². The average Bonchev–Trinajstić information content (AvgIpc) is 2.08. The van der Waals surface area contributed by atoms with E-state index in [0.717, 1.165) is 0 Å². The summed E-state index contributed by atoms with van der Waals surface area (Å²) in [6.07, 6.45) is -4.99. The fourth-order valence-corrected chi connectivity index (χ4v) is 1.14. The van der Waals surface area contributed by atoms with Crippen LogP contribution in [-0.2, 0) is 0 Å². The van der Waals surface area contributed by atoms with Crippen LogP contribution in [0, 0.1) is 6.92 Å². The van der Waals surface area contributed by atoms with Gasteiger partial charge in [0.05, 0.1) is 6.10 Å². The van der Waals surface area contributed by atoms with E-state index in [2.05, 4.69) is 11.7 Å². The van der Waals surface area contributed by atoms with Gasteiger partial charge in [-0.05, 0) is 32.4 Å². The highest BCUT2D eigenvalue weighted by molar-refractivity contribution is 5.48. The lowest BCUT2D eigenvalue weighted by Gasteiger charge is -2.17. The molecule has 5 heteroatoms. The number of rotatable bonds is 3. The van der Waals surface area contributed by atoms with E-state index < -0.39 is 6.36 Å². The number of halogens is 3. The van der Waals surface area contributed by atoms with E-state index in [4.69, 9.17) is 4.74 Å². The molecule has 0 saturated carbocycles. The van der Waals surface area contributed by atoms with Gasteiger partial charge >= 0.3 is 6.36 Å². The molecule has 0 aliphatic rings. The summed E-state index contributed by atoms with van der Waals surface area (Å²) in [6, 6.07) is 4.40. The zero-order valence-corrected chi connectivity index (χ0v) is 8.97. The van der Waals surface area contributed by atoms with E-state index >= 15 is 0 Å².